The average Bonchev–Trinajstić information content (AvgIpc) is 3.36. The van der Waals surface area contributed by atoms with Gasteiger partial charge in [-0.15, -0.1) is 0 Å². The van der Waals surface area contributed by atoms with E-state index >= 15 is 4.39 Å². The van der Waals surface area contributed by atoms with Crippen molar-refractivity contribution in [2.75, 3.05) is 25.0 Å². The second-order valence-electron chi connectivity index (χ2n) is 9.80. The average molecular weight is 477 g/mol. The van der Waals surface area contributed by atoms with E-state index < -0.39 is 18.2 Å². The first kappa shape index (κ1) is 23.7. The number of unbranched alkanes of at least 4 members (excludes halogenated alkanes) is 1. The molecule has 2 aliphatic rings. The number of nitrogens with one attached hydrogen (secondary N) is 1. The predicted octanol–water partition coefficient (Wildman–Crippen LogP) is 5.19. The van der Waals surface area contributed by atoms with Crippen molar-refractivity contribution in [3.8, 4) is 0 Å². The van der Waals surface area contributed by atoms with Crippen molar-refractivity contribution in [2.45, 2.75) is 57.2 Å². The number of aliphatic carboxylic acids is 1. The van der Waals surface area contributed by atoms with Crippen molar-refractivity contribution < 1.29 is 14.3 Å². The minimum Gasteiger partial charge on any atom is -0.480 e. The number of alkyl halides is 1. The third kappa shape index (κ3) is 5.30. The summed E-state index contributed by atoms with van der Waals surface area (Å²) in [6.45, 7) is 2.03. The van der Waals surface area contributed by atoms with Crippen LogP contribution in [0.25, 0.3) is 10.9 Å². The predicted molar refractivity (Wildman–Crippen MR) is 135 cm³/mol. The Morgan fingerprint density at radius 1 is 1.20 bits per heavy atom. The Hall–Kier alpha value is -3.06. The summed E-state index contributed by atoms with van der Waals surface area (Å²) in [5.41, 5.74) is 3.86. The quantitative estimate of drug-likeness (QED) is 0.414. The van der Waals surface area contributed by atoms with E-state index in [4.69, 9.17) is 4.98 Å². The van der Waals surface area contributed by atoms with Crippen molar-refractivity contribution in [2.24, 2.45) is 5.92 Å². The fraction of sp³-hybridized carbons (Fsp3) is 0.464. The van der Waals surface area contributed by atoms with Gasteiger partial charge in [0.05, 0.1) is 5.52 Å². The van der Waals surface area contributed by atoms with Crippen LogP contribution in [0.1, 0.15) is 55.0 Å². The summed E-state index contributed by atoms with van der Waals surface area (Å²) in [4.78, 5) is 23.3. The van der Waals surface area contributed by atoms with Crippen LogP contribution >= 0.6 is 0 Å². The molecule has 3 atom stereocenters. The van der Waals surface area contributed by atoms with Crippen molar-refractivity contribution in [3.63, 3.8) is 0 Å². The molecule has 0 radical (unpaired) electrons. The molecular formula is C28H33FN4O2. The first-order chi connectivity index (χ1) is 17.1. The Kier molecular flexibility index (Phi) is 7.23. The maximum Gasteiger partial charge on any atom is 0.325 e. The fourth-order valence-corrected chi connectivity index (χ4v) is 5.59. The van der Waals surface area contributed by atoms with Gasteiger partial charge >= 0.3 is 5.97 Å². The number of aryl methyl sites for hydroxylation is 2. The van der Waals surface area contributed by atoms with E-state index in [0.29, 0.717) is 25.9 Å². The Labute approximate surface area is 205 Å². The van der Waals surface area contributed by atoms with Gasteiger partial charge in [-0.3, -0.25) is 14.7 Å². The molecule has 5 rings (SSSR count). The highest BCUT2D eigenvalue weighted by molar-refractivity contribution is 5.88. The molecule has 2 aliphatic heterocycles. The van der Waals surface area contributed by atoms with Gasteiger partial charge in [-0.25, -0.2) is 9.37 Å². The number of rotatable bonds is 9. The molecule has 6 nitrogen and oxygen atoms in total. The third-order valence-corrected chi connectivity index (χ3v) is 7.46. The smallest absolute Gasteiger partial charge is 0.325 e. The lowest BCUT2D eigenvalue weighted by atomic mass is 9.97. The largest absolute Gasteiger partial charge is 0.480 e. The molecule has 0 spiro atoms. The molecule has 184 valence electrons. The molecule has 3 aromatic rings. The van der Waals surface area contributed by atoms with Crippen LogP contribution in [-0.4, -0.2) is 51.7 Å². The Morgan fingerprint density at radius 2 is 2.11 bits per heavy atom. The first-order valence-electron chi connectivity index (χ1n) is 12.8. The number of carbonyl (C=O) groups is 1. The molecule has 1 aromatic carbocycles. The van der Waals surface area contributed by atoms with E-state index in [-0.39, 0.29) is 5.92 Å². The normalized spacial score (nSPS) is 19.7. The number of anilines is 1. The number of fused-ring (bicyclic) bond motifs is 2. The Morgan fingerprint density at radius 3 is 3.00 bits per heavy atom. The van der Waals surface area contributed by atoms with Gasteiger partial charge in [0, 0.05) is 36.3 Å². The van der Waals surface area contributed by atoms with Gasteiger partial charge in [0.25, 0.3) is 0 Å². The topological polar surface area (TPSA) is 78.3 Å². The lowest BCUT2D eigenvalue weighted by molar-refractivity contribution is -0.143. The molecule has 2 N–H and O–H groups in total. The number of benzene rings is 1. The van der Waals surface area contributed by atoms with Crippen LogP contribution in [0.15, 0.2) is 48.7 Å². The molecule has 0 aliphatic carbocycles. The summed E-state index contributed by atoms with van der Waals surface area (Å²) >= 11 is 0. The van der Waals surface area contributed by atoms with Gasteiger partial charge in [-0.05, 0) is 74.4 Å². The van der Waals surface area contributed by atoms with Crippen molar-refractivity contribution in [1.29, 1.82) is 0 Å². The number of aromatic nitrogens is 2. The zero-order valence-electron chi connectivity index (χ0n) is 20.0. The van der Waals surface area contributed by atoms with Crippen molar-refractivity contribution in [1.82, 2.24) is 14.9 Å². The van der Waals surface area contributed by atoms with E-state index in [1.165, 1.54) is 5.56 Å². The van der Waals surface area contributed by atoms with Crippen molar-refractivity contribution >= 4 is 22.7 Å². The highest BCUT2D eigenvalue weighted by Crippen LogP contribution is 2.34. The molecule has 3 unspecified atom stereocenters. The molecular weight excluding hydrogens is 443 g/mol. The third-order valence-electron chi connectivity index (χ3n) is 7.46. The molecule has 7 heteroatoms. The summed E-state index contributed by atoms with van der Waals surface area (Å²) < 4.78 is 15.1. The number of carboxylic acid groups (broad SMARTS) is 1. The fourth-order valence-electron chi connectivity index (χ4n) is 5.59. The van der Waals surface area contributed by atoms with Gasteiger partial charge in [0.1, 0.15) is 18.0 Å². The summed E-state index contributed by atoms with van der Waals surface area (Å²) in [5.74, 6) is -0.0152. The van der Waals surface area contributed by atoms with Gasteiger partial charge in [0.15, 0.2) is 0 Å². The Bertz CT molecular complexity index is 1180. The van der Waals surface area contributed by atoms with Gasteiger partial charge < -0.3 is 10.4 Å². The number of carboxylic acids is 1. The van der Waals surface area contributed by atoms with E-state index in [2.05, 4.69) is 22.4 Å². The lowest BCUT2D eigenvalue weighted by Gasteiger charge is -2.26. The maximum absolute atomic E-state index is 15.1. The molecule has 0 saturated carbocycles. The van der Waals surface area contributed by atoms with Crippen LogP contribution in [0.4, 0.5) is 10.2 Å². The number of pyridine rings is 2. The molecule has 35 heavy (non-hydrogen) atoms. The van der Waals surface area contributed by atoms with Crippen LogP contribution in [0.3, 0.4) is 0 Å². The van der Waals surface area contributed by atoms with Crippen molar-refractivity contribution in [3.05, 3.63) is 65.5 Å². The monoisotopic (exact) mass is 476 g/mol. The van der Waals surface area contributed by atoms with Crippen LogP contribution < -0.4 is 5.32 Å². The van der Waals surface area contributed by atoms with Crippen LogP contribution in [0.5, 0.6) is 0 Å². The van der Waals surface area contributed by atoms with Crippen LogP contribution in [-0.2, 0) is 17.6 Å². The molecule has 2 aromatic heterocycles. The molecule has 0 amide bonds. The summed E-state index contributed by atoms with van der Waals surface area (Å²) in [6, 6.07) is 12.8. The van der Waals surface area contributed by atoms with E-state index in [9.17, 15) is 9.90 Å². The number of halogens is 1. The van der Waals surface area contributed by atoms with Gasteiger partial charge in [-0.1, -0.05) is 30.7 Å². The number of nitrogens with zero attached hydrogens (tertiary/aromatic N) is 3. The van der Waals surface area contributed by atoms with E-state index in [1.54, 1.807) is 6.20 Å². The van der Waals surface area contributed by atoms with Gasteiger partial charge in [0.2, 0.25) is 0 Å². The van der Waals surface area contributed by atoms with Crippen LogP contribution in [0.2, 0.25) is 0 Å². The second kappa shape index (κ2) is 10.7. The second-order valence-corrected chi connectivity index (χ2v) is 9.80. The standard InChI is InChI=1S/C28H33FN4O2/c29-24(10-2-1-7-21-13-12-19-6-4-16-31-27(19)32-21)20-14-17-33(18-20)26(28(34)35)23-8-3-11-25-22(23)9-5-15-30-25/h3,5,8-9,11-13,15,20,24,26H,1-2,4,6-7,10,14,16-18H2,(H,31,32)(H,34,35). The number of hydrogen-bond acceptors (Lipinski definition) is 5. The van der Waals surface area contributed by atoms with E-state index in [1.807, 2.05) is 35.2 Å². The summed E-state index contributed by atoms with van der Waals surface area (Å²) in [6.07, 6.45) is 6.79. The molecule has 0 bridgehead atoms. The molecule has 4 heterocycles. The van der Waals surface area contributed by atoms with Gasteiger partial charge in [-0.2, -0.15) is 0 Å². The molecule has 1 saturated heterocycles. The number of likely N-dealkylation sites (tertiary alicyclic amines) is 1. The summed E-state index contributed by atoms with van der Waals surface area (Å²) in [7, 11) is 0. The minimum atomic E-state index is -0.915. The zero-order valence-corrected chi connectivity index (χ0v) is 20.0. The highest BCUT2D eigenvalue weighted by atomic mass is 19.1. The minimum absolute atomic E-state index is 0.129. The first-order valence-corrected chi connectivity index (χ1v) is 12.8. The lowest BCUT2D eigenvalue weighted by Crippen LogP contribution is -2.33. The molecule has 1 fully saturated rings. The zero-order chi connectivity index (χ0) is 24.2. The Balaban J connectivity index is 1.15. The van der Waals surface area contributed by atoms with Crippen LogP contribution in [0, 0.1) is 5.92 Å². The maximum atomic E-state index is 15.1. The number of hydrogen-bond donors (Lipinski definition) is 2. The van der Waals surface area contributed by atoms with E-state index in [0.717, 1.165) is 66.6 Å². The summed E-state index contributed by atoms with van der Waals surface area (Å²) in [5, 5.41) is 14.3. The SMILES string of the molecule is O=C(O)C(c1cccc2ncccc12)N1CCC(C(F)CCCCc2ccc3c(n2)NCCC3)C1. The highest BCUT2D eigenvalue weighted by Gasteiger charge is 2.37.